The number of carbonyl (C=O) groups excluding carboxylic acids is 2. The molecule has 0 fully saturated rings. The summed E-state index contributed by atoms with van der Waals surface area (Å²) in [7, 11) is 1.62. The van der Waals surface area contributed by atoms with Gasteiger partial charge in [-0.1, -0.05) is 56.2 Å². The average molecular weight is 524 g/mol. The SMILES string of the molecule is CCC(=O)CCCCC[C@H](NC(=O)c1cc2cc(OC)ccc2[nH]1)c1ncc(-c2ccc3ccccc3c2)o1. The number of fused-ring (bicyclic) bond motifs is 2. The predicted octanol–water partition coefficient (Wildman–Crippen LogP) is 7.39. The molecule has 1 amide bonds. The van der Waals surface area contributed by atoms with Crippen molar-refractivity contribution in [2.75, 3.05) is 7.11 Å². The van der Waals surface area contributed by atoms with Gasteiger partial charge in [0.1, 0.15) is 23.3 Å². The number of carbonyl (C=O) groups is 2. The van der Waals surface area contributed by atoms with Gasteiger partial charge in [0.2, 0.25) is 5.89 Å². The third kappa shape index (κ3) is 6.20. The normalized spacial score (nSPS) is 12.1. The summed E-state index contributed by atoms with van der Waals surface area (Å²) in [5.74, 6) is 1.90. The minimum absolute atomic E-state index is 0.234. The van der Waals surface area contributed by atoms with Gasteiger partial charge >= 0.3 is 0 Å². The van der Waals surface area contributed by atoms with Crippen molar-refractivity contribution in [3.05, 3.63) is 84.5 Å². The number of aromatic nitrogens is 2. The number of hydrogen-bond donors (Lipinski definition) is 2. The number of oxazole rings is 1. The van der Waals surface area contributed by atoms with Crippen LogP contribution in [0.25, 0.3) is 33.0 Å². The molecule has 2 N–H and O–H groups in total. The van der Waals surface area contributed by atoms with Crippen LogP contribution in [-0.2, 0) is 4.79 Å². The van der Waals surface area contributed by atoms with Crippen LogP contribution in [0.1, 0.15) is 67.9 Å². The average Bonchev–Trinajstić information content (AvgIpc) is 3.63. The van der Waals surface area contributed by atoms with Crippen LogP contribution in [0.4, 0.5) is 0 Å². The summed E-state index contributed by atoms with van der Waals surface area (Å²) < 4.78 is 11.5. The maximum atomic E-state index is 13.3. The molecule has 5 rings (SSSR count). The first-order valence-corrected chi connectivity index (χ1v) is 13.5. The molecule has 0 aliphatic carbocycles. The largest absolute Gasteiger partial charge is 0.497 e. The van der Waals surface area contributed by atoms with Crippen LogP contribution in [0.15, 0.2) is 77.3 Å². The molecule has 0 bridgehead atoms. The molecule has 1 atom stereocenters. The van der Waals surface area contributed by atoms with Gasteiger partial charge in [-0.2, -0.15) is 0 Å². The van der Waals surface area contributed by atoms with Gasteiger partial charge in [-0.3, -0.25) is 9.59 Å². The Morgan fingerprint density at radius 2 is 1.82 bits per heavy atom. The monoisotopic (exact) mass is 523 g/mol. The summed E-state index contributed by atoms with van der Waals surface area (Å²) in [4.78, 5) is 32.7. The zero-order valence-electron chi connectivity index (χ0n) is 22.3. The van der Waals surface area contributed by atoms with E-state index >= 15 is 0 Å². The molecule has 5 aromatic rings. The Morgan fingerprint density at radius 3 is 2.64 bits per heavy atom. The Labute approximate surface area is 227 Å². The molecule has 200 valence electrons. The highest BCUT2D eigenvalue weighted by Gasteiger charge is 2.22. The van der Waals surface area contributed by atoms with Gasteiger partial charge in [0.05, 0.1) is 13.3 Å². The fourth-order valence-electron chi connectivity index (χ4n) is 4.80. The van der Waals surface area contributed by atoms with Crippen molar-refractivity contribution < 1.29 is 18.7 Å². The Kier molecular flexibility index (Phi) is 8.06. The molecule has 2 aromatic heterocycles. The maximum absolute atomic E-state index is 13.3. The molecular weight excluding hydrogens is 490 g/mol. The summed E-state index contributed by atoms with van der Waals surface area (Å²) in [6.07, 6.45) is 6.10. The number of ketones is 1. The Hall–Kier alpha value is -4.39. The van der Waals surface area contributed by atoms with E-state index in [0.717, 1.165) is 52.3 Å². The second kappa shape index (κ2) is 12.0. The molecule has 0 aliphatic heterocycles. The Bertz CT molecular complexity index is 1600. The quantitative estimate of drug-likeness (QED) is 0.166. The van der Waals surface area contributed by atoms with Gasteiger partial charge in [0.15, 0.2) is 5.76 Å². The minimum Gasteiger partial charge on any atom is -0.497 e. The second-order valence-electron chi connectivity index (χ2n) is 9.78. The Balaban J connectivity index is 1.35. The van der Waals surface area contributed by atoms with Crippen LogP contribution < -0.4 is 10.1 Å². The zero-order valence-corrected chi connectivity index (χ0v) is 22.3. The minimum atomic E-state index is -0.408. The number of benzene rings is 3. The summed E-state index contributed by atoms with van der Waals surface area (Å²) in [5, 5.41) is 6.29. The van der Waals surface area contributed by atoms with Gasteiger partial charge in [0.25, 0.3) is 5.91 Å². The van der Waals surface area contributed by atoms with E-state index in [1.807, 2.05) is 49.4 Å². The van der Waals surface area contributed by atoms with Crippen molar-refractivity contribution in [2.24, 2.45) is 0 Å². The lowest BCUT2D eigenvalue weighted by Gasteiger charge is -2.15. The first-order chi connectivity index (χ1) is 19.0. The lowest BCUT2D eigenvalue weighted by molar-refractivity contribution is -0.118. The number of Topliss-reactive ketones (excluding diaryl/α,β-unsaturated/α-hetero) is 1. The first-order valence-electron chi connectivity index (χ1n) is 13.5. The lowest BCUT2D eigenvalue weighted by Crippen LogP contribution is -2.29. The molecule has 0 saturated heterocycles. The van der Waals surface area contributed by atoms with E-state index in [1.165, 1.54) is 0 Å². The first kappa shape index (κ1) is 26.2. The van der Waals surface area contributed by atoms with E-state index < -0.39 is 6.04 Å². The van der Waals surface area contributed by atoms with Crippen molar-refractivity contribution >= 4 is 33.4 Å². The van der Waals surface area contributed by atoms with Crippen molar-refractivity contribution in [3.8, 4) is 17.1 Å². The van der Waals surface area contributed by atoms with Crippen molar-refractivity contribution in [2.45, 2.75) is 51.5 Å². The van der Waals surface area contributed by atoms with Crippen LogP contribution in [0, 0.1) is 0 Å². The number of rotatable bonds is 12. The van der Waals surface area contributed by atoms with Crippen LogP contribution in [0.5, 0.6) is 5.75 Å². The molecule has 0 unspecified atom stereocenters. The highest BCUT2D eigenvalue weighted by Crippen LogP contribution is 2.29. The van der Waals surface area contributed by atoms with Crippen LogP contribution in [0.3, 0.4) is 0 Å². The van der Waals surface area contributed by atoms with E-state index in [9.17, 15) is 9.59 Å². The number of unbranched alkanes of at least 4 members (excludes halogenated alkanes) is 2. The Morgan fingerprint density at radius 1 is 0.974 bits per heavy atom. The molecule has 2 heterocycles. The second-order valence-corrected chi connectivity index (χ2v) is 9.78. The molecule has 39 heavy (non-hydrogen) atoms. The van der Waals surface area contributed by atoms with Crippen LogP contribution >= 0.6 is 0 Å². The molecule has 0 aliphatic rings. The van der Waals surface area contributed by atoms with E-state index in [0.29, 0.717) is 36.6 Å². The van der Waals surface area contributed by atoms with E-state index in [4.69, 9.17) is 9.15 Å². The van der Waals surface area contributed by atoms with Crippen molar-refractivity contribution in [1.29, 1.82) is 0 Å². The fraction of sp³-hybridized carbons (Fsp3) is 0.281. The topological polar surface area (TPSA) is 97.2 Å². The summed E-state index contributed by atoms with van der Waals surface area (Å²) in [6.45, 7) is 1.89. The lowest BCUT2D eigenvalue weighted by atomic mass is 10.0. The van der Waals surface area contributed by atoms with Crippen LogP contribution in [-0.4, -0.2) is 28.8 Å². The highest BCUT2D eigenvalue weighted by molar-refractivity contribution is 5.98. The van der Waals surface area contributed by atoms with Gasteiger partial charge in [0, 0.05) is 29.3 Å². The van der Waals surface area contributed by atoms with E-state index in [1.54, 1.807) is 13.3 Å². The molecule has 7 nitrogen and oxygen atoms in total. The van der Waals surface area contributed by atoms with E-state index in [-0.39, 0.29) is 11.7 Å². The molecule has 0 saturated carbocycles. The molecule has 3 aromatic carbocycles. The predicted molar refractivity (Wildman–Crippen MR) is 153 cm³/mol. The number of nitrogens with zero attached hydrogens (tertiary/aromatic N) is 1. The number of hydrogen-bond acceptors (Lipinski definition) is 5. The maximum Gasteiger partial charge on any atom is 0.268 e. The van der Waals surface area contributed by atoms with Gasteiger partial charge in [-0.25, -0.2) is 4.98 Å². The number of amides is 1. The smallest absolute Gasteiger partial charge is 0.268 e. The molecular formula is C32H33N3O4. The summed E-state index contributed by atoms with van der Waals surface area (Å²) in [5.41, 5.74) is 2.24. The van der Waals surface area contributed by atoms with Gasteiger partial charge in [-0.15, -0.1) is 0 Å². The molecule has 0 radical (unpaired) electrons. The number of H-pyrrole nitrogens is 1. The number of aromatic amines is 1. The van der Waals surface area contributed by atoms with Gasteiger partial charge in [-0.05, 0) is 53.9 Å². The van der Waals surface area contributed by atoms with E-state index in [2.05, 4.69) is 39.6 Å². The number of ether oxygens (including phenoxy) is 1. The highest BCUT2D eigenvalue weighted by atomic mass is 16.5. The third-order valence-corrected chi connectivity index (χ3v) is 7.08. The zero-order chi connectivity index (χ0) is 27.2. The van der Waals surface area contributed by atoms with Crippen molar-refractivity contribution in [3.63, 3.8) is 0 Å². The summed E-state index contributed by atoms with van der Waals surface area (Å²) >= 11 is 0. The number of methoxy groups -OCH3 is 1. The van der Waals surface area contributed by atoms with Crippen LogP contribution in [0.2, 0.25) is 0 Å². The van der Waals surface area contributed by atoms with Gasteiger partial charge < -0.3 is 19.5 Å². The molecule has 7 heteroatoms. The third-order valence-electron chi connectivity index (χ3n) is 7.08. The van der Waals surface area contributed by atoms with Crippen molar-refractivity contribution in [1.82, 2.24) is 15.3 Å². The standard InChI is InChI=1S/C32H33N3O4/c1-3-25(36)11-5-4-6-12-28(35-31(37)29-19-24-18-26(38-2)15-16-27(24)34-29)32-33-20-30(39-32)23-14-13-21-9-7-8-10-22(21)17-23/h7-10,13-20,28,34H,3-6,11-12H2,1-2H3,(H,35,37)/t28-/m0/s1. The fourth-order valence-corrected chi connectivity index (χ4v) is 4.80. The molecule has 0 spiro atoms. The number of nitrogens with one attached hydrogen (secondary N) is 2. The summed E-state index contributed by atoms with van der Waals surface area (Å²) in [6, 6.07) is 21.4.